The van der Waals surface area contributed by atoms with Crippen molar-refractivity contribution >= 4 is 44.9 Å². The van der Waals surface area contributed by atoms with E-state index in [0.717, 1.165) is 45.5 Å². The highest BCUT2D eigenvalue weighted by Gasteiger charge is 2.43. The van der Waals surface area contributed by atoms with Crippen LogP contribution in [-0.4, -0.2) is 0 Å². The molecule has 0 spiro atoms. The van der Waals surface area contributed by atoms with Gasteiger partial charge in [0.1, 0.15) is 0 Å². The normalized spacial score (nSPS) is 13.5. The Bertz CT molecular complexity index is 2630. The highest BCUT2D eigenvalue weighted by Crippen LogP contribution is 2.62. The number of benzene rings is 8. The van der Waals surface area contributed by atoms with Crippen molar-refractivity contribution < 1.29 is 4.74 Å². The summed E-state index contributed by atoms with van der Waals surface area (Å²) in [6.07, 6.45) is 0. The number of para-hydroxylation sites is 2. The smallest absolute Gasteiger partial charge is 0.153 e. The van der Waals surface area contributed by atoms with Crippen LogP contribution in [0.15, 0.2) is 182 Å². The molecule has 2 aliphatic rings. The molecule has 52 heavy (non-hydrogen) atoms. The molecule has 0 saturated carbocycles. The molecular weight excluding hydrogens is 633 g/mol. The molecule has 2 aliphatic heterocycles. The third kappa shape index (κ3) is 4.66. The highest BCUT2D eigenvalue weighted by molar-refractivity contribution is 6.06. The van der Waals surface area contributed by atoms with Crippen LogP contribution in [0.1, 0.15) is 25.0 Å². The summed E-state index contributed by atoms with van der Waals surface area (Å²) in [6, 6.07) is 65.3. The van der Waals surface area contributed by atoms with Crippen LogP contribution in [0, 0.1) is 0 Å². The molecule has 3 heteroatoms. The minimum atomic E-state index is -0.305. The van der Waals surface area contributed by atoms with E-state index in [2.05, 4.69) is 206 Å². The molecule has 8 aromatic carbocycles. The van der Waals surface area contributed by atoms with Crippen molar-refractivity contribution in [2.24, 2.45) is 0 Å². The predicted octanol–water partition coefficient (Wildman–Crippen LogP) is 13.9. The van der Waals surface area contributed by atoms with Gasteiger partial charge in [0.2, 0.25) is 0 Å². The van der Waals surface area contributed by atoms with Crippen LogP contribution in [-0.2, 0) is 5.41 Å². The number of ether oxygens (including phenoxy) is 1. The van der Waals surface area contributed by atoms with Crippen LogP contribution in [0.4, 0.5) is 34.1 Å². The summed E-state index contributed by atoms with van der Waals surface area (Å²) in [4.78, 5) is 4.85. The van der Waals surface area contributed by atoms with Crippen molar-refractivity contribution in [2.75, 3.05) is 9.80 Å². The molecule has 0 amide bonds. The van der Waals surface area contributed by atoms with E-state index in [4.69, 9.17) is 4.74 Å². The molecule has 0 N–H and O–H groups in total. The van der Waals surface area contributed by atoms with Gasteiger partial charge < -0.3 is 14.5 Å². The van der Waals surface area contributed by atoms with E-state index in [1.807, 2.05) is 0 Å². The lowest BCUT2D eigenvalue weighted by Crippen LogP contribution is -2.32. The Hall–Kier alpha value is -6.58. The van der Waals surface area contributed by atoms with Crippen LogP contribution < -0.4 is 14.5 Å². The molecule has 0 unspecified atom stereocenters. The molecule has 0 radical (unpaired) electrons. The maximum Gasteiger partial charge on any atom is 0.153 e. The topological polar surface area (TPSA) is 15.7 Å². The van der Waals surface area contributed by atoms with Gasteiger partial charge in [0, 0.05) is 28.1 Å². The first kappa shape index (κ1) is 30.3. The molecule has 0 fully saturated rings. The van der Waals surface area contributed by atoms with Gasteiger partial charge in [0.15, 0.2) is 11.5 Å². The van der Waals surface area contributed by atoms with Crippen LogP contribution >= 0.6 is 0 Å². The number of rotatable bonds is 5. The zero-order chi connectivity index (χ0) is 34.8. The average molecular weight is 669 g/mol. The molecule has 0 aromatic heterocycles. The van der Waals surface area contributed by atoms with Gasteiger partial charge in [-0.25, -0.2) is 0 Å². The van der Waals surface area contributed by atoms with Crippen LogP contribution in [0.5, 0.6) is 11.5 Å². The van der Waals surface area contributed by atoms with Gasteiger partial charge in [0.05, 0.1) is 28.4 Å². The third-order valence-corrected chi connectivity index (χ3v) is 10.8. The van der Waals surface area contributed by atoms with Crippen molar-refractivity contribution in [1.82, 2.24) is 0 Å². The standard InChI is InChI=1S/C49H36N2O/c1-49(2)41-22-12-14-24-44(41)51-47-40-21-10-9-19-36(40)27-30-45(47)52-46-32-38(31-42(49)48(46)51)50(37-28-25-34(26-29-37)33-15-5-3-6-16-33)43-23-13-11-20-39(43)35-17-7-4-8-18-35/h3-32H,1-2H3. The Balaban J connectivity index is 1.23. The lowest BCUT2D eigenvalue weighted by atomic mass is 9.72. The van der Waals surface area contributed by atoms with E-state index >= 15 is 0 Å². The summed E-state index contributed by atoms with van der Waals surface area (Å²) in [5.41, 5.74) is 13.5. The molecule has 8 aromatic rings. The molecular formula is C49H36N2O. The fourth-order valence-electron chi connectivity index (χ4n) is 8.26. The quantitative estimate of drug-likeness (QED) is 0.182. The van der Waals surface area contributed by atoms with Crippen LogP contribution in [0.2, 0.25) is 0 Å². The minimum absolute atomic E-state index is 0.305. The second-order valence-corrected chi connectivity index (χ2v) is 14.2. The van der Waals surface area contributed by atoms with Crippen molar-refractivity contribution in [1.29, 1.82) is 0 Å². The van der Waals surface area contributed by atoms with Gasteiger partial charge in [-0.15, -0.1) is 0 Å². The van der Waals surface area contributed by atoms with Gasteiger partial charge in [-0.05, 0) is 69.6 Å². The van der Waals surface area contributed by atoms with Crippen molar-refractivity contribution in [3.05, 3.63) is 193 Å². The first-order valence-electron chi connectivity index (χ1n) is 17.9. The average Bonchev–Trinajstić information content (AvgIpc) is 3.20. The van der Waals surface area contributed by atoms with E-state index in [1.165, 1.54) is 44.3 Å². The molecule has 3 nitrogen and oxygen atoms in total. The summed E-state index contributed by atoms with van der Waals surface area (Å²) in [5, 5.41) is 2.36. The van der Waals surface area contributed by atoms with E-state index in [1.54, 1.807) is 0 Å². The molecule has 2 heterocycles. The highest BCUT2D eigenvalue weighted by atomic mass is 16.5. The van der Waals surface area contributed by atoms with E-state index in [-0.39, 0.29) is 5.41 Å². The van der Waals surface area contributed by atoms with Gasteiger partial charge in [-0.3, -0.25) is 0 Å². The van der Waals surface area contributed by atoms with Gasteiger partial charge in [-0.2, -0.15) is 0 Å². The molecule has 10 rings (SSSR count). The summed E-state index contributed by atoms with van der Waals surface area (Å²) in [5.74, 6) is 1.70. The zero-order valence-electron chi connectivity index (χ0n) is 29.1. The Morgan fingerprint density at radius 2 is 1.13 bits per heavy atom. The number of hydrogen-bond donors (Lipinski definition) is 0. The maximum absolute atomic E-state index is 7.03. The second-order valence-electron chi connectivity index (χ2n) is 14.2. The summed E-state index contributed by atoms with van der Waals surface area (Å²) in [7, 11) is 0. The Labute approximate surface area is 304 Å². The van der Waals surface area contributed by atoms with Crippen LogP contribution in [0.3, 0.4) is 0 Å². The first-order valence-corrected chi connectivity index (χ1v) is 17.9. The lowest BCUT2D eigenvalue weighted by molar-refractivity contribution is 0.472. The van der Waals surface area contributed by atoms with E-state index in [0.29, 0.717) is 0 Å². The Morgan fingerprint density at radius 1 is 0.481 bits per heavy atom. The summed E-state index contributed by atoms with van der Waals surface area (Å²) >= 11 is 0. The maximum atomic E-state index is 7.03. The summed E-state index contributed by atoms with van der Waals surface area (Å²) in [6.45, 7) is 4.69. The van der Waals surface area contributed by atoms with Gasteiger partial charge in [-0.1, -0.05) is 153 Å². The predicted molar refractivity (Wildman–Crippen MR) is 216 cm³/mol. The number of nitrogens with zero attached hydrogens (tertiary/aromatic N) is 2. The SMILES string of the molecule is CC1(C)c2ccccc2N2c3c(cc(N(c4ccc(-c5ccccc5)cc4)c4ccccc4-c4ccccc4)cc31)Oc1ccc3ccccc3c12. The van der Waals surface area contributed by atoms with Gasteiger partial charge >= 0.3 is 0 Å². The second kappa shape index (κ2) is 11.8. The third-order valence-electron chi connectivity index (χ3n) is 10.8. The zero-order valence-corrected chi connectivity index (χ0v) is 29.1. The largest absolute Gasteiger partial charge is 0.453 e. The molecule has 0 saturated heterocycles. The lowest BCUT2D eigenvalue weighted by Gasteiger charge is -2.45. The number of anilines is 6. The van der Waals surface area contributed by atoms with E-state index < -0.39 is 0 Å². The molecule has 0 aliphatic carbocycles. The van der Waals surface area contributed by atoms with Crippen molar-refractivity contribution in [3.63, 3.8) is 0 Å². The van der Waals surface area contributed by atoms with E-state index in [9.17, 15) is 0 Å². The number of hydrogen-bond acceptors (Lipinski definition) is 3. The number of fused-ring (bicyclic) bond motifs is 6. The summed E-state index contributed by atoms with van der Waals surface area (Å²) < 4.78 is 7.03. The molecule has 0 bridgehead atoms. The van der Waals surface area contributed by atoms with Gasteiger partial charge in [0.25, 0.3) is 0 Å². The Kier molecular flexibility index (Phi) is 6.84. The van der Waals surface area contributed by atoms with Crippen LogP contribution in [0.25, 0.3) is 33.0 Å². The minimum Gasteiger partial charge on any atom is -0.453 e. The Morgan fingerprint density at radius 3 is 1.94 bits per heavy atom. The van der Waals surface area contributed by atoms with Crippen molar-refractivity contribution in [3.8, 4) is 33.8 Å². The monoisotopic (exact) mass is 668 g/mol. The fraction of sp³-hybridized carbons (Fsp3) is 0.0612. The first-order chi connectivity index (χ1) is 25.6. The van der Waals surface area contributed by atoms with Crippen molar-refractivity contribution in [2.45, 2.75) is 19.3 Å². The molecule has 248 valence electrons. The fourth-order valence-corrected chi connectivity index (χ4v) is 8.26. The molecule has 0 atom stereocenters.